The van der Waals surface area contributed by atoms with E-state index >= 15 is 0 Å². The molecule has 0 fully saturated rings. The first-order chi connectivity index (χ1) is 9.15. The molecule has 1 aromatic heterocycles. The van der Waals surface area contributed by atoms with Crippen LogP contribution >= 0.6 is 11.6 Å². The van der Waals surface area contributed by atoms with Crippen LogP contribution in [-0.4, -0.2) is 16.1 Å². The summed E-state index contributed by atoms with van der Waals surface area (Å²) in [6.07, 6.45) is 4.53. The number of carbonyl (C=O) groups excluding carboxylic acids is 1. The highest BCUT2D eigenvalue weighted by atomic mass is 35.5. The lowest BCUT2D eigenvalue weighted by Crippen LogP contribution is -2.20. The monoisotopic (exact) mass is 279 g/mol. The second-order valence-electron chi connectivity index (χ2n) is 3.81. The van der Waals surface area contributed by atoms with Crippen molar-refractivity contribution in [3.63, 3.8) is 0 Å². The van der Waals surface area contributed by atoms with Crippen LogP contribution in [0.4, 0.5) is 4.39 Å². The minimum absolute atomic E-state index is 0.0278. The van der Waals surface area contributed by atoms with Crippen molar-refractivity contribution in [2.75, 3.05) is 0 Å². The molecule has 0 atom stereocenters. The van der Waals surface area contributed by atoms with Crippen molar-refractivity contribution in [2.24, 2.45) is 0 Å². The highest BCUT2D eigenvalue weighted by Crippen LogP contribution is 2.16. The van der Waals surface area contributed by atoms with Crippen LogP contribution in [0.15, 0.2) is 36.5 Å². The summed E-state index contributed by atoms with van der Waals surface area (Å²) in [5.74, 6) is -0.738. The minimum atomic E-state index is -0.484. The molecule has 0 saturated carbocycles. The molecule has 2 N–H and O–H groups in total. The quantitative estimate of drug-likeness (QED) is 0.845. The van der Waals surface area contributed by atoms with Gasteiger partial charge in [-0.2, -0.15) is 5.10 Å². The Bertz CT molecular complexity index is 596. The Labute approximate surface area is 114 Å². The molecule has 0 radical (unpaired) electrons. The van der Waals surface area contributed by atoms with E-state index in [9.17, 15) is 9.18 Å². The lowest BCUT2D eigenvalue weighted by molar-refractivity contribution is -0.116. The molecule has 0 saturated heterocycles. The van der Waals surface area contributed by atoms with Gasteiger partial charge in [0.15, 0.2) is 0 Å². The number of amides is 1. The van der Waals surface area contributed by atoms with Crippen molar-refractivity contribution >= 4 is 23.6 Å². The molecular weight excluding hydrogens is 269 g/mol. The number of hydrogen-bond donors (Lipinski definition) is 2. The summed E-state index contributed by atoms with van der Waals surface area (Å²) in [5.41, 5.74) is 1.47. The first-order valence-electron chi connectivity index (χ1n) is 5.54. The van der Waals surface area contributed by atoms with Crippen LogP contribution in [0.3, 0.4) is 0 Å². The van der Waals surface area contributed by atoms with Gasteiger partial charge in [0.1, 0.15) is 5.82 Å². The molecule has 0 unspecified atom stereocenters. The second-order valence-corrected chi connectivity index (χ2v) is 4.21. The molecule has 1 aromatic carbocycles. The third-order valence-corrected chi connectivity index (χ3v) is 2.67. The van der Waals surface area contributed by atoms with E-state index in [1.54, 1.807) is 24.4 Å². The second kappa shape index (κ2) is 6.15. The van der Waals surface area contributed by atoms with Gasteiger partial charge in [0, 0.05) is 12.3 Å². The van der Waals surface area contributed by atoms with Gasteiger partial charge < -0.3 is 5.32 Å². The Morgan fingerprint density at radius 3 is 3.00 bits per heavy atom. The zero-order valence-corrected chi connectivity index (χ0v) is 10.6. The average molecular weight is 280 g/mol. The lowest BCUT2D eigenvalue weighted by atomic mass is 10.2. The van der Waals surface area contributed by atoms with E-state index in [2.05, 4.69) is 15.5 Å². The first kappa shape index (κ1) is 13.3. The van der Waals surface area contributed by atoms with Crippen molar-refractivity contribution in [3.05, 3.63) is 58.6 Å². The van der Waals surface area contributed by atoms with Gasteiger partial charge in [-0.05, 0) is 29.8 Å². The molecule has 19 heavy (non-hydrogen) atoms. The zero-order chi connectivity index (χ0) is 13.7. The number of carbonyl (C=O) groups is 1. The number of hydrogen-bond acceptors (Lipinski definition) is 2. The molecule has 0 aliphatic carbocycles. The molecule has 1 heterocycles. The van der Waals surface area contributed by atoms with E-state index in [1.165, 1.54) is 18.2 Å². The summed E-state index contributed by atoms with van der Waals surface area (Å²) in [7, 11) is 0. The molecule has 4 nitrogen and oxygen atoms in total. The topological polar surface area (TPSA) is 57.8 Å². The standard InChI is InChI=1S/C13H11ClFN3O/c14-11-7-9(1-3-12(11)15)2-4-13(19)16-8-10-5-6-17-18-10/h1-7H,8H2,(H,16,19)(H,17,18)/b4-2+. The van der Waals surface area contributed by atoms with E-state index in [0.717, 1.165) is 5.69 Å². The smallest absolute Gasteiger partial charge is 0.244 e. The Hall–Kier alpha value is -2.14. The Morgan fingerprint density at radius 1 is 1.47 bits per heavy atom. The first-order valence-corrected chi connectivity index (χ1v) is 5.92. The zero-order valence-electron chi connectivity index (χ0n) is 9.86. The largest absolute Gasteiger partial charge is 0.347 e. The normalized spacial score (nSPS) is 10.8. The van der Waals surface area contributed by atoms with Crippen molar-refractivity contribution < 1.29 is 9.18 Å². The highest BCUT2D eigenvalue weighted by Gasteiger charge is 2.00. The fourth-order valence-corrected chi connectivity index (χ4v) is 1.60. The Morgan fingerprint density at radius 2 is 2.32 bits per heavy atom. The molecule has 1 amide bonds. The molecule has 0 aliphatic heterocycles. The van der Waals surface area contributed by atoms with Gasteiger partial charge in [-0.3, -0.25) is 9.89 Å². The maximum atomic E-state index is 12.9. The molecular formula is C13H11ClFN3O. The fourth-order valence-electron chi connectivity index (χ4n) is 1.41. The summed E-state index contributed by atoms with van der Waals surface area (Å²) in [6.45, 7) is 0.368. The van der Waals surface area contributed by atoms with E-state index in [1.807, 2.05) is 0 Å². The van der Waals surface area contributed by atoms with Gasteiger partial charge in [-0.25, -0.2) is 4.39 Å². The van der Waals surface area contributed by atoms with Crippen molar-refractivity contribution in [1.29, 1.82) is 0 Å². The van der Waals surface area contributed by atoms with Crippen molar-refractivity contribution in [2.45, 2.75) is 6.54 Å². The van der Waals surface area contributed by atoms with Gasteiger partial charge in [-0.1, -0.05) is 17.7 Å². The number of nitrogens with zero attached hydrogens (tertiary/aromatic N) is 1. The average Bonchev–Trinajstić information content (AvgIpc) is 2.91. The predicted molar refractivity (Wildman–Crippen MR) is 70.9 cm³/mol. The van der Waals surface area contributed by atoms with Crippen LogP contribution in [-0.2, 0) is 11.3 Å². The fraction of sp³-hybridized carbons (Fsp3) is 0.0769. The molecule has 0 spiro atoms. The molecule has 2 aromatic rings. The van der Waals surface area contributed by atoms with Crippen molar-refractivity contribution in [1.82, 2.24) is 15.5 Å². The maximum Gasteiger partial charge on any atom is 0.244 e. The molecule has 0 aliphatic rings. The molecule has 98 valence electrons. The van der Waals surface area contributed by atoms with Gasteiger partial charge in [-0.15, -0.1) is 0 Å². The number of aromatic amines is 1. The Balaban J connectivity index is 1.90. The van der Waals surface area contributed by atoms with E-state index < -0.39 is 5.82 Å². The van der Waals surface area contributed by atoms with Gasteiger partial charge in [0.2, 0.25) is 5.91 Å². The van der Waals surface area contributed by atoms with Crippen LogP contribution in [0.25, 0.3) is 6.08 Å². The van der Waals surface area contributed by atoms with Crippen molar-refractivity contribution in [3.8, 4) is 0 Å². The lowest BCUT2D eigenvalue weighted by Gasteiger charge is -1.99. The summed E-state index contributed by atoms with van der Waals surface area (Å²) in [6, 6.07) is 6.02. The number of rotatable bonds is 4. The van der Waals surface area contributed by atoms with Gasteiger partial charge >= 0.3 is 0 Å². The minimum Gasteiger partial charge on any atom is -0.347 e. The third kappa shape index (κ3) is 3.93. The van der Waals surface area contributed by atoms with Crippen LogP contribution in [0, 0.1) is 5.82 Å². The number of benzene rings is 1. The predicted octanol–water partition coefficient (Wildman–Crippen LogP) is 2.53. The van der Waals surface area contributed by atoms with Crippen LogP contribution < -0.4 is 5.32 Å². The number of aromatic nitrogens is 2. The van der Waals surface area contributed by atoms with Crippen LogP contribution in [0.1, 0.15) is 11.3 Å². The molecule has 2 rings (SSSR count). The number of nitrogens with one attached hydrogen (secondary N) is 2. The highest BCUT2D eigenvalue weighted by molar-refractivity contribution is 6.30. The van der Waals surface area contributed by atoms with Crippen LogP contribution in [0.5, 0.6) is 0 Å². The van der Waals surface area contributed by atoms with E-state index in [-0.39, 0.29) is 10.9 Å². The summed E-state index contributed by atoms with van der Waals surface area (Å²) < 4.78 is 12.9. The SMILES string of the molecule is O=C(/C=C/c1ccc(F)c(Cl)c1)NCc1ccn[nH]1. The van der Waals surface area contributed by atoms with Gasteiger partial charge in [0.05, 0.1) is 17.3 Å². The maximum absolute atomic E-state index is 12.9. The molecule has 6 heteroatoms. The summed E-state index contributed by atoms with van der Waals surface area (Å²) in [5, 5.41) is 9.20. The van der Waals surface area contributed by atoms with Crippen LogP contribution in [0.2, 0.25) is 5.02 Å². The van der Waals surface area contributed by atoms with Gasteiger partial charge in [0.25, 0.3) is 0 Å². The summed E-state index contributed by atoms with van der Waals surface area (Å²) >= 11 is 5.64. The van der Waals surface area contributed by atoms with E-state index in [0.29, 0.717) is 12.1 Å². The molecule has 0 bridgehead atoms. The van der Waals surface area contributed by atoms with E-state index in [4.69, 9.17) is 11.6 Å². The number of halogens is 2. The number of H-pyrrole nitrogens is 1. The third-order valence-electron chi connectivity index (χ3n) is 2.38. The Kier molecular flexibility index (Phi) is 4.30. The summed E-state index contributed by atoms with van der Waals surface area (Å²) in [4.78, 5) is 11.5.